The summed E-state index contributed by atoms with van der Waals surface area (Å²) in [6.07, 6.45) is 1.79. The maximum atomic E-state index is 11.0. The fraction of sp³-hybridized carbons (Fsp3) is 0.700. The van der Waals surface area contributed by atoms with Crippen molar-refractivity contribution in [2.75, 3.05) is 12.8 Å². The highest BCUT2D eigenvalue weighted by Gasteiger charge is 2.19. The van der Waals surface area contributed by atoms with Gasteiger partial charge in [0.05, 0.1) is 12.8 Å². The molecular formula is C10H20O3Si. The van der Waals surface area contributed by atoms with Gasteiger partial charge in [-0.2, -0.15) is 0 Å². The number of rotatable bonds is 6. The Morgan fingerprint density at radius 2 is 2.07 bits per heavy atom. The molecule has 0 bridgehead atoms. The van der Waals surface area contributed by atoms with Crippen molar-refractivity contribution in [1.82, 2.24) is 0 Å². The highest BCUT2D eigenvalue weighted by molar-refractivity contribution is 6.82. The molecule has 0 spiro atoms. The van der Waals surface area contributed by atoms with Crippen LogP contribution in [0.4, 0.5) is 4.79 Å². The van der Waals surface area contributed by atoms with E-state index < -0.39 is 14.2 Å². The first-order valence-electron chi connectivity index (χ1n) is 4.95. The quantitative estimate of drug-likeness (QED) is 0.389. The third kappa shape index (κ3) is 6.71. The third-order valence-electron chi connectivity index (χ3n) is 1.83. The predicted octanol–water partition coefficient (Wildman–Crippen LogP) is 2.91. The molecule has 0 unspecified atom stereocenters. The van der Waals surface area contributed by atoms with Gasteiger partial charge in [-0.3, -0.25) is 0 Å². The van der Waals surface area contributed by atoms with E-state index in [1.165, 1.54) is 0 Å². The van der Waals surface area contributed by atoms with Gasteiger partial charge in [0.2, 0.25) is 0 Å². The molecule has 0 N–H and O–H groups in total. The molecular weight excluding hydrogens is 196 g/mol. The molecule has 0 heterocycles. The summed E-state index contributed by atoms with van der Waals surface area (Å²) in [5.74, 6) is 0. The van der Waals surface area contributed by atoms with E-state index in [1.807, 2.05) is 12.6 Å². The van der Waals surface area contributed by atoms with Crippen LogP contribution in [0, 0.1) is 0 Å². The molecule has 14 heavy (non-hydrogen) atoms. The van der Waals surface area contributed by atoms with E-state index in [0.29, 0.717) is 12.8 Å². The smallest absolute Gasteiger partial charge is 0.438 e. The fourth-order valence-electron chi connectivity index (χ4n) is 0.645. The van der Waals surface area contributed by atoms with E-state index in [4.69, 9.17) is 9.47 Å². The van der Waals surface area contributed by atoms with E-state index in [1.54, 1.807) is 0 Å². The Hall–Kier alpha value is -0.773. The second-order valence-corrected chi connectivity index (χ2v) is 8.61. The summed E-state index contributed by atoms with van der Waals surface area (Å²) in [5.41, 5.74) is 1.90. The van der Waals surface area contributed by atoms with E-state index in [9.17, 15) is 4.79 Å². The van der Waals surface area contributed by atoms with E-state index >= 15 is 0 Å². The topological polar surface area (TPSA) is 35.5 Å². The number of hydrogen-bond donors (Lipinski definition) is 0. The molecule has 0 aliphatic heterocycles. The first kappa shape index (κ1) is 13.2. The largest absolute Gasteiger partial charge is 0.507 e. The molecule has 0 amide bonds. The highest BCUT2D eigenvalue weighted by atomic mass is 28.3. The molecule has 0 radical (unpaired) electrons. The molecule has 0 aromatic heterocycles. The normalized spacial score (nSPS) is 10.8. The van der Waals surface area contributed by atoms with Gasteiger partial charge < -0.3 is 9.47 Å². The second kappa shape index (κ2) is 6.65. The zero-order valence-corrected chi connectivity index (χ0v) is 10.3. The summed E-state index contributed by atoms with van der Waals surface area (Å²) < 4.78 is 9.82. The lowest BCUT2D eigenvalue weighted by Crippen LogP contribution is -2.31. The summed E-state index contributed by atoms with van der Waals surface area (Å²) in [7, 11) is -1.55. The standard InChI is InChI=1S/C10H20O3Si/c1-5-7-8-12-10(11)13-9-14(3,4)6-2/h6H,2,5,7-9H2,1,3-4H3. The average Bonchev–Trinajstić information content (AvgIpc) is 2.16. The Morgan fingerprint density at radius 1 is 1.43 bits per heavy atom. The monoisotopic (exact) mass is 216 g/mol. The number of ether oxygens (including phenoxy) is 2. The lowest BCUT2D eigenvalue weighted by Gasteiger charge is -2.16. The Bertz CT molecular complexity index is 190. The summed E-state index contributed by atoms with van der Waals surface area (Å²) in [6, 6.07) is 0. The molecule has 0 aromatic rings. The summed E-state index contributed by atoms with van der Waals surface area (Å²) in [4.78, 5) is 11.0. The SMILES string of the molecule is C=C[Si](C)(C)COC(=O)OCCCC. The Morgan fingerprint density at radius 3 is 2.57 bits per heavy atom. The first-order chi connectivity index (χ1) is 6.52. The van der Waals surface area contributed by atoms with Crippen LogP contribution in [0.5, 0.6) is 0 Å². The Labute approximate surface area is 87.1 Å². The minimum Gasteiger partial charge on any atom is -0.438 e. The van der Waals surface area contributed by atoms with Gasteiger partial charge in [0, 0.05) is 0 Å². The molecule has 0 aliphatic carbocycles. The van der Waals surface area contributed by atoms with Crippen LogP contribution >= 0.6 is 0 Å². The van der Waals surface area contributed by atoms with Gasteiger partial charge in [-0.1, -0.05) is 32.1 Å². The van der Waals surface area contributed by atoms with Crippen molar-refractivity contribution < 1.29 is 14.3 Å². The van der Waals surface area contributed by atoms with Crippen LogP contribution < -0.4 is 0 Å². The van der Waals surface area contributed by atoms with Crippen LogP contribution in [0.25, 0.3) is 0 Å². The van der Waals surface area contributed by atoms with Crippen molar-refractivity contribution in [3.05, 3.63) is 12.3 Å². The van der Waals surface area contributed by atoms with Crippen LogP contribution in [0.3, 0.4) is 0 Å². The minimum absolute atomic E-state index is 0.446. The van der Waals surface area contributed by atoms with Gasteiger partial charge in [-0.25, -0.2) is 4.79 Å². The number of unbranched alkanes of at least 4 members (excludes halogenated alkanes) is 1. The van der Waals surface area contributed by atoms with Crippen LogP contribution in [0.15, 0.2) is 12.3 Å². The Balaban J connectivity index is 3.58. The van der Waals surface area contributed by atoms with E-state index in [2.05, 4.69) is 19.7 Å². The molecule has 0 fully saturated rings. The maximum Gasteiger partial charge on any atom is 0.507 e. The van der Waals surface area contributed by atoms with Crippen molar-refractivity contribution >= 4 is 14.2 Å². The number of carbonyl (C=O) groups is 1. The van der Waals surface area contributed by atoms with E-state index in [-0.39, 0.29) is 0 Å². The number of carbonyl (C=O) groups excluding carboxylic acids is 1. The van der Waals surface area contributed by atoms with E-state index in [0.717, 1.165) is 12.8 Å². The molecule has 0 aromatic carbocycles. The summed E-state index contributed by atoms with van der Waals surface area (Å²) in [5, 5.41) is 0. The molecule has 0 aliphatic rings. The molecule has 4 heteroatoms. The first-order valence-corrected chi connectivity index (χ1v) is 8.23. The van der Waals surface area contributed by atoms with Crippen molar-refractivity contribution in [3.8, 4) is 0 Å². The van der Waals surface area contributed by atoms with Crippen LogP contribution in [0.2, 0.25) is 13.1 Å². The molecule has 0 saturated heterocycles. The van der Waals surface area contributed by atoms with Gasteiger partial charge in [0.1, 0.15) is 8.07 Å². The predicted molar refractivity (Wildman–Crippen MR) is 59.9 cm³/mol. The van der Waals surface area contributed by atoms with Crippen molar-refractivity contribution in [2.24, 2.45) is 0 Å². The summed E-state index contributed by atoms with van der Waals surface area (Å²) >= 11 is 0. The van der Waals surface area contributed by atoms with Crippen molar-refractivity contribution in [2.45, 2.75) is 32.9 Å². The Kier molecular flexibility index (Phi) is 6.28. The molecule has 82 valence electrons. The van der Waals surface area contributed by atoms with Crippen LogP contribution in [0.1, 0.15) is 19.8 Å². The molecule has 0 saturated carbocycles. The van der Waals surface area contributed by atoms with Gasteiger partial charge in [-0.15, -0.1) is 6.58 Å². The lowest BCUT2D eigenvalue weighted by molar-refractivity contribution is 0.0653. The molecule has 0 atom stereocenters. The van der Waals surface area contributed by atoms with Gasteiger partial charge in [-0.05, 0) is 6.42 Å². The fourth-order valence-corrected chi connectivity index (χ4v) is 1.25. The summed E-state index contributed by atoms with van der Waals surface area (Å²) in [6.45, 7) is 10.4. The lowest BCUT2D eigenvalue weighted by atomic mass is 10.4. The highest BCUT2D eigenvalue weighted by Crippen LogP contribution is 2.04. The minimum atomic E-state index is -1.55. The zero-order chi connectivity index (χ0) is 11.0. The van der Waals surface area contributed by atoms with Crippen molar-refractivity contribution in [3.63, 3.8) is 0 Å². The molecule has 3 nitrogen and oxygen atoms in total. The third-order valence-corrected chi connectivity index (χ3v) is 3.83. The van der Waals surface area contributed by atoms with Crippen LogP contribution in [-0.2, 0) is 9.47 Å². The van der Waals surface area contributed by atoms with Gasteiger partial charge >= 0.3 is 6.16 Å². The second-order valence-electron chi connectivity index (χ2n) is 3.93. The van der Waals surface area contributed by atoms with Gasteiger partial charge in [0.25, 0.3) is 0 Å². The molecule has 0 rings (SSSR count). The average molecular weight is 216 g/mol. The maximum absolute atomic E-state index is 11.0. The van der Waals surface area contributed by atoms with Gasteiger partial charge in [0.15, 0.2) is 0 Å². The van der Waals surface area contributed by atoms with Crippen LogP contribution in [-0.4, -0.2) is 27.1 Å². The van der Waals surface area contributed by atoms with Crippen molar-refractivity contribution in [1.29, 1.82) is 0 Å². The zero-order valence-electron chi connectivity index (χ0n) is 9.34. The number of hydrogen-bond acceptors (Lipinski definition) is 3.